The molecule has 94 valence electrons. The smallest absolute Gasteiger partial charge is 0.145 e. The zero-order valence-corrected chi connectivity index (χ0v) is 9.99. The van der Waals surface area contributed by atoms with Gasteiger partial charge in [0.25, 0.3) is 0 Å². The molecular weight excluding hydrogens is 243 g/mol. The minimum atomic E-state index is -0.270. The summed E-state index contributed by atoms with van der Waals surface area (Å²) in [6, 6.07) is 12.0. The van der Waals surface area contributed by atoms with Crippen molar-refractivity contribution in [2.75, 3.05) is 0 Å². The quantitative estimate of drug-likeness (QED) is 0.434. The molecule has 3 rings (SSSR count). The van der Waals surface area contributed by atoms with Crippen molar-refractivity contribution in [3.8, 4) is 11.4 Å². The molecule has 0 saturated carbocycles. The summed E-state index contributed by atoms with van der Waals surface area (Å²) in [4.78, 5) is 4.49. The number of nitrogens with two attached hydrogens (primary N) is 1. The molecule has 2 N–H and O–H groups in total. The number of hydrogen-bond donors (Lipinski definition) is 1. The van der Waals surface area contributed by atoms with Gasteiger partial charge in [-0.05, 0) is 36.4 Å². The molecule has 0 amide bonds. The summed E-state index contributed by atoms with van der Waals surface area (Å²) < 4.78 is 14.9. The van der Waals surface area contributed by atoms with Gasteiger partial charge < -0.3 is 5.84 Å². The lowest BCUT2D eigenvalue weighted by molar-refractivity contribution is 0.628. The predicted octanol–water partition coefficient (Wildman–Crippen LogP) is 2.43. The molecule has 1 aromatic carbocycles. The van der Waals surface area contributed by atoms with Crippen molar-refractivity contribution < 1.29 is 4.39 Å². The molecule has 0 radical (unpaired) electrons. The van der Waals surface area contributed by atoms with Crippen molar-refractivity contribution in [1.82, 2.24) is 9.38 Å². The first kappa shape index (κ1) is 11.4. The van der Waals surface area contributed by atoms with Crippen LogP contribution < -0.4 is 5.84 Å². The van der Waals surface area contributed by atoms with E-state index in [0.29, 0.717) is 5.69 Å². The molecular formula is C14H11FN4. The highest BCUT2D eigenvalue weighted by atomic mass is 19.1. The summed E-state index contributed by atoms with van der Waals surface area (Å²) in [6.45, 7) is 0. The molecule has 0 aliphatic heterocycles. The molecule has 3 aromatic rings. The Labute approximate surface area is 109 Å². The number of imidazole rings is 1. The molecule has 0 spiro atoms. The van der Waals surface area contributed by atoms with E-state index in [-0.39, 0.29) is 5.82 Å². The van der Waals surface area contributed by atoms with Crippen molar-refractivity contribution in [2.45, 2.75) is 0 Å². The summed E-state index contributed by atoms with van der Waals surface area (Å²) in [6.07, 6.45) is 3.40. The summed E-state index contributed by atoms with van der Waals surface area (Å²) in [5, 5.41) is 3.52. The molecule has 0 fully saturated rings. The van der Waals surface area contributed by atoms with E-state index in [1.807, 2.05) is 28.8 Å². The highest BCUT2D eigenvalue weighted by Gasteiger charge is 2.10. The van der Waals surface area contributed by atoms with Gasteiger partial charge in [-0.25, -0.2) is 9.37 Å². The predicted molar refractivity (Wildman–Crippen MR) is 72.4 cm³/mol. The SMILES string of the molecule is NN=Cc1nc(-c2ccc(F)cc2)n2ccccc12. The van der Waals surface area contributed by atoms with Crippen LogP contribution in [0.4, 0.5) is 4.39 Å². The summed E-state index contributed by atoms with van der Waals surface area (Å²) >= 11 is 0. The van der Waals surface area contributed by atoms with Gasteiger partial charge in [0.1, 0.15) is 17.3 Å². The molecule has 2 heterocycles. The Bertz CT molecular complexity index is 744. The standard InChI is InChI=1S/C14H11FN4/c15-11-6-4-10(5-7-11)14-18-12(9-17-16)13-3-1-2-8-19(13)14/h1-9H,16H2. The fraction of sp³-hybridized carbons (Fsp3) is 0. The topological polar surface area (TPSA) is 55.7 Å². The first-order valence-corrected chi connectivity index (χ1v) is 5.76. The van der Waals surface area contributed by atoms with E-state index in [1.165, 1.54) is 18.3 Å². The third-order valence-electron chi connectivity index (χ3n) is 2.88. The average molecular weight is 254 g/mol. The van der Waals surface area contributed by atoms with E-state index in [0.717, 1.165) is 16.9 Å². The maximum Gasteiger partial charge on any atom is 0.145 e. The molecule has 4 nitrogen and oxygen atoms in total. The Hall–Kier alpha value is -2.69. The van der Waals surface area contributed by atoms with Crippen molar-refractivity contribution >= 4 is 11.7 Å². The molecule has 0 saturated heterocycles. The van der Waals surface area contributed by atoms with E-state index in [4.69, 9.17) is 5.84 Å². The van der Waals surface area contributed by atoms with Gasteiger partial charge in [0, 0.05) is 11.8 Å². The molecule has 0 aliphatic rings. The molecule has 0 unspecified atom stereocenters. The zero-order chi connectivity index (χ0) is 13.2. The van der Waals surface area contributed by atoms with Gasteiger partial charge in [-0.1, -0.05) is 6.07 Å². The van der Waals surface area contributed by atoms with Gasteiger partial charge in [0.2, 0.25) is 0 Å². The minimum Gasteiger partial charge on any atom is -0.323 e. The zero-order valence-electron chi connectivity index (χ0n) is 9.99. The van der Waals surface area contributed by atoms with E-state index in [1.54, 1.807) is 12.1 Å². The summed E-state index contributed by atoms with van der Waals surface area (Å²) in [7, 11) is 0. The largest absolute Gasteiger partial charge is 0.323 e. The normalized spacial score (nSPS) is 11.4. The van der Waals surface area contributed by atoms with Crippen molar-refractivity contribution in [2.24, 2.45) is 10.9 Å². The van der Waals surface area contributed by atoms with Gasteiger partial charge in [-0.3, -0.25) is 4.40 Å². The number of benzene rings is 1. The maximum atomic E-state index is 13.0. The molecule has 0 bridgehead atoms. The van der Waals surface area contributed by atoms with Gasteiger partial charge in [-0.2, -0.15) is 5.10 Å². The van der Waals surface area contributed by atoms with Crippen LogP contribution in [0.5, 0.6) is 0 Å². The molecule has 19 heavy (non-hydrogen) atoms. The monoisotopic (exact) mass is 254 g/mol. The van der Waals surface area contributed by atoms with Gasteiger partial charge in [0.15, 0.2) is 0 Å². The van der Waals surface area contributed by atoms with Crippen LogP contribution in [0.25, 0.3) is 16.9 Å². The number of fused-ring (bicyclic) bond motifs is 1. The van der Waals surface area contributed by atoms with Crippen LogP contribution in [0, 0.1) is 5.82 Å². The highest BCUT2D eigenvalue weighted by Crippen LogP contribution is 2.22. The van der Waals surface area contributed by atoms with E-state index in [2.05, 4.69) is 10.1 Å². The second-order valence-corrected chi connectivity index (χ2v) is 4.06. The van der Waals surface area contributed by atoms with Crippen LogP contribution in [-0.4, -0.2) is 15.6 Å². The van der Waals surface area contributed by atoms with Gasteiger partial charge in [0.05, 0.1) is 11.7 Å². The molecule has 0 atom stereocenters. The number of hydrogen-bond acceptors (Lipinski definition) is 3. The van der Waals surface area contributed by atoms with Crippen LogP contribution in [0.15, 0.2) is 53.8 Å². The number of hydrazone groups is 1. The maximum absolute atomic E-state index is 13.0. The Kier molecular flexibility index (Phi) is 2.72. The number of aromatic nitrogens is 2. The minimum absolute atomic E-state index is 0.270. The van der Waals surface area contributed by atoms with Crippen molar-refractivity contribution in [3.63, 3.8) is 0 Å². The second-order valence-electron chi connectivity index (χ2n) is 4.06. The van der Waals surface area contributed by atoms with Gasteiger partial charge in [-0.15, -0.1) is 0 Å². The Morgan fingerprint density at radius 2 is 1.95 bits per heavy atom. The van der Waals surface area contributed by atoms with E-state index < -0.39 is 0 Å². The summed E-state index contributed by atoms with van der Waals surface area (Å²) in [5.74, 6) is 5.65. The first-order valence-electron chi connectivity index (χ1n) is 5.76. The first-order chi connectivity index (χ1) is 9.29. The van der Waals surface area contributed by atoms with Crippen LogP contribution in [0.1, 0.15) is 5.69 Å². The lowest BCUT2D eigenvalue weighted by Crippen LogP contribution is -1.88. The average Bonchev–Trinajstić information content (AvgIpc) is 2.80. The van der Waals surface area contributed by atoms with Crippen molar-refractivity contribution in [1.29, 1.82) is 0 Å². The van der Waals surface area contributed by atoms with Crippen molar-refractivity contribution in [3.05, 3.63) is 60.2 Å². The highest BCUT2D eigenvalue weighted by molar-refractivity contribution is 5.88. The third-order valence-corrected chi connectivity index (χ3v) is 2.88. The molecule has 5 heteroatoms. The molecule has 0 aliphatic carbocycles. The Balaban J connectivity index is 2.26. The van der Waals surface area contributed by atoms with Crippen LogP contribution in [-0.2, 0) is 0 Å². The van der Waals surface area contributed by atoms with E-state index in [9.17, 15) is 4.39 Å². The lowest BCUT2D eigenvalue weighted by Gasteiger charge is -2.00. The third kappa shape index (κ3) is 1.95. The lowest BCUT2D eigenvalue weighted by atomic mass is 10.2. The fourth-order valence-corrected chi connectivity index (χ4v) is 2.03. The molecule has 2 aromatic heterocycles. The van der Waals surface area contributed by atoms with Crippen LogP contribution >= 0.6 is 0 Å². The number of nitrogens with zero attached hydrogens (tertiary/aromatic N) is 3. The Morgan fingerprint density at radius 3 is 2.68 bits per heavy atom. The fourth-order valence-electron chi connectivity index (χ4n) is 2.03. The van der Waals surface area contributed by atoms with Crippen LogP contribution in [0.2, 0.25) is 0 Å². The number of halogens is 1. The number of pyridine rings is 1. The van der Waals surface area contributed by atoms with Crippen LogP contribution in [0.3, 0.4) is 0 Å². The second kappa shape index (κ2) is 4.53. The Morgan fingerprint density at radius 1 is 1.16 bits per heavy atom. The van der Waals surface area contributed by atoms with Gasteiger partial charge >= 0.3 is 0 Å². The summed E-state index contributed by atoms with van der Waals surface area (Å²) in [5.41, 5.74) is 2.41. The number of rotatable bonds is 2. The van der Waals surface area contributed by atoms with E-state index >= 15 is 0 Å².